The van der Waals surface area contributed by atoms with Crippen LogP contribution >= 0.6 is 0 Å². The first-order valence-corrected chi connectivity index (χ1v) is 5.49. The zero-order valence-corrected chi connectivity index (χ0v) is 9.97. The number of pyridine rings is 1. The highest BCUT2D eigenvalue weighted by Gasteiger charge is 1.94. The minimum absolute atomic E-state index is 0.761. The Morgan fingerprint density at radius 1 is 0.938 bits per heavy atom. The van der Waals surface area contributed by atoms with E-state index < -0.39 is 0 Å². The summed E-state index contributed by atoms with van der Waals surface area (Å²) in [5, 5.41) is 0. The molecule has 0 saturated heterocycles. The lowest BCUT2D eigenvalue weighted by molar-refractivity contribution is 0.480. The van der Waals surface area contributed by atoms with Crippen molar-refractivity contribution in [3.05, 3.63) is 54.4 Å². The maximum absolute atomic E-state index is 5.57. The average Bonchev–Trinajstić information content (AvgIpc) is 2.36. The van der Waals surface area contributed by atoms with Crippen molar-refractivity contribution in [1.82, 2.24) is 4.98 Å². The minimum Gasteiger partial charge on any atom is -0.456 e. The lowest BCUT2D eigenvalue weighted by Crippen LogP contribution is -1.84. The Hall–Kier alpha value is -1.83. The fourth-order valence-electron chi connectivity index (χ4n) is 1.15. The summed E-state index contributed by atoms with van der Waals surface area (Å²) in [4.78, 5) is 3.97. The molecule has 2 heteroatoms. The molecular weight excluding hydrogens is 198 g/mol. The maximum atomic E-state index is 5.57. The van der Waals surface area contributed by atoms with Crippen LogP contribution in [0.1, 0.15) is 19.4 Å². The molecule has 0 aliphatic heterocycles. The van der Waals surface area contributed by atoms with Gasteiger partial charge in [0.1, 0.15) is 11.5 Å². The molecule has 0 fully saturated rings. The Balaban J connectivity index is 0.000000606. The van der Waals surface area contributed by atoms with Crippen molar-refractivity contribution in [2.75, 3.05) is 0 Å². The summed E-state index contributed by atoms with van der Waals surface area (Å²) in [5.74, 6) is 1.60. The van der Waals surface area contributed by atoms with Gasteiger partial charge in [0.05, 0.1) is 6.20 Å². The second-order valence-corrected chi connectivity index (χ2v) is 3.10. The Bertz CT molecular complexity index is 395. The molecular formula is C14H17NO. The summed E-state index contributed by atoms with van der Waals surface area (Å²) in [6.45, 7) is 6.05. The van der Waals surface area contributed by atoms with Crippen LogP contribution in [0.4, 0.5) is 0 Å². The van der Waals surface area contributed by atoms with Crippen molar-refractivity contribution >= 4 is 0 Å². The van der Waals surface area contributed by atoms with Gasteiger partial charge in [-0.2, -0.15) is 0 Å². The van der Waals surface area contributed by atoms with E-state index in [1.165, 1.54) is 5.56 Å². The van der Waals surface area contributed by atoms with Crippen LogP contribution < -0.4 is 4.74 Å². The third kappa shape index (κ3) is 3.73. The van der Waals surface area contributed by atoms with Crippen LogP contribution in [0.2, 0.25) is 0 Å². The van der Waals surface area contributed by atoms with Crippen molar-refractivity contribution in [1.29, 1.82) is 0 Å². The molecule has 1 heterocycles. The number of nitrogens with zero attached hydrogens (tertiary/aromatic N) is 1. The predicted octanol–water partition coefficient (Wildman–Crippen LogP) is 4.21. The molecule has 2 aromatic rings. The van der Waals surface area contributed by atoms with Gasteiger partial charge in [0.15, 0.2) is 0 Å². The molecule has 2 nitrogen and oxygen atoms in total. The second kappa shape index (κ2) is 6.62. The van der Waals surface area contributed by atoms with Gasteiger partial charge in [-0.25, -0.2) is 0 Å². The molecule has 0 spiro atoms. The first kappa shape index (κ1) is 12.2. The Kier molecular flexibility index (Phi) is 5.06. The highest BCUT2D eigenvalue weighted by Crippen LogP contribution is 2.19. The van der Waals surface area contributed by atoms with Crippen LogP contribution in [0.3, 0.4) is 0 Å². The van der Waals surface area contributed by atoms with Gasteiger partial charge < -0.3 is 4.74 Å². The molecule has 0 unspecified atom stereocenters. The van der Waals surface area contributed by atoms with Crippen molar-refractivity contribution in [2.24, 2.45) is 0 Å². The first-order valence-electron chi connectivity index (χ1n) is 5.49. The minimum atomic E-state index is 0.761. The molecule has 1 aromatic carbocycles. The molecule has 1 aromatic heterocycles. The Labute approximate surface area is 96.9 Å². The number of aryl methyl sites for hydroxylation is 1. The topological polar surface area (TPSA) is 22.1 Å². The summed E-state index contributed by atoms with van der Waals surface area (Å²) >= 11 is 0. The molecule has 0 aliphatic rings. The van der Waals surface area contributed by atoms with Crippen LogP contribution in [-0.2, 0) is 0 Å². The van der Waals surface area contributed by atoms with Gasteiger partial charge in [0.2, 0.25) is 0 Å². The first-order chi connectivity index (χ1) is 7.84. The molecule has 0 saturated carbocycles. The number of rotatable bonds is 2. The molecule has 16 heavy (non-hydrogen) atoms. The van der Waals surface area contributed by atoms with Crippen LogP contribution in [0, 0.1) is 6.92 Å². The summed E-state index contributed by atoms with van der Waals surface area (Å²) in [7, 11) is 0. The molecule has 2 rings (SSSR count). The van der Waals surface area contributed by atoms with Crippen molar-refractivity contribution in [3.63, 3.8) is 0 Å². The van der Waals surface area contributed by atoms with Gasteiger partial charge >= 0.3 is 0 Å². The smallest absolute Gasteiger partial charge is 0.145 e. The molecule has 0 N–H and O–H groups in total. The van der Waals surface area contributed by atoms with Crippen molar-refractivity contribution in [2.45, 2.75) is 20.8 Å². The molecule has 0 atom stereocenters. The fourth-order valence-corrected chi connectivity index (χ4v) is 1.15. The summed E-state index contributed by atoms with van der Waals surface area (Å²) < 4.78 is 5.57. The molecule has 0 aliphatic carbocycles. The van der Waals surface area contributed by atoms with Gasteiger partial charge in [0, 0.05) is 6.20 Å². The highest BCUT2D eigenvalue weighted by atomic mass is 16.5. The van der Waals surface area contributed by atoms with Gasteiger partial charge in [-0.1, -0.05) is 31.5 Å². The van der Waals surface area contributed by atoms with E-state index in [2.05, 4.69) is 4.98 Å². The number of hydrogen-bond acceptors (Lipinski definition) is 2. The van der Waals surface area contributed by atoms with E-state index >= 15 is 0 Å². The van der Waals surface area contributed by atoms with Gasteiger partial charge in [0.25, 0.3) is 0 Å². The summed E-state index contributed by atoms with van der Waals surface area (Å²) in [5.41, 5.74) is 1.23. The monoisotopic (exact) mass is 215 g/mol. The maximum Gasteiger partial charge on any atom is 0.145 e. The number of hydrogen-bond donors (Lipinski definition) is 0. The fraction of sp³-hybridized carbons (Fsp3) is 0.214. The van der Waals surface area contributed by atoms with E-state index in [1.807, 2.05) is 57.2 Å². The van der Waals surface area contributed by atoms with Gasteiger partial charge in [-0.05, 0) is 31.2 Å². The summed E-state index contributed by atoms with van der Waals surface area (Å²) in [6, 6.07) is 11.7. The molecule has 0 radical (unpaired) electrons. The highest BCUT2D eigenvalue weighted by molar-refractivity contribution is 5.31. The van der Waals surface area contributed by atoms with Crippen LogP contribution in [-0.4, -0.2) is 4.98 Å². The second-order valence-electron chi connectivity index (χ2n) is 3.10. The zero-order chi connectivity index (χ0) is 11.8. The molecule has 0 amide bonds. The SMILES string of the molecule is CC.Cc1ccc(Oc2cccnc2)cc1. The van der Waals surface area contributed by atoms with Crippen LogP contribution in [0.25, 0.3) is 0 Å². The Morgan fingerprint density at radius 2 is 1.62 bits per heavy atom. The van der Waals surface area contributed by atoms with Crippen molar-refractivity contribution in [3.8, 4) is 11.5 Å². The normalized spacial score (nSPS) is 8.94. The van der Waals surface area contributed by atoms with E-state index in [0.717, 1.165) is 11.5 Å². The Morgan fingerprint density at radius 3 is 2.19 bits per heavy atom. The van der Waals surface area contributed by atoms with Gasteiger partial charge in [-0.3, -0.25) is 4.98 Å². The zero-order valence-electron chi connectivity index (χ0n) is 9.97. The third-order valence-corrected chi connectivity index (χ3v) is 1.89. The quantitative estimate of drug-likeness (QED) is 0.748. The van der Waals surface area contributed by atoms with Crippen LogP contribution in [0.15, 0.2) is 48.8 Å². The number of aromatic nitrogens is 1. The lowest BCUT2D eigenvalue weighted by atomic mass is 10.2. The third-order valence-electron chi connectivity index (χ3n) is 1.89. The predicted molar refractivity (Wildman–Crippen MR) is 66.8 cm³/mol. The molecule has 0 bridgehead atoms. The number of benzene rings is 1. The van der Waals surface area contributed by atoms with Gasteiger partial charge in [-0.15, -0.1) is 0 Å². The average molecular weight is 215 g/mol. The van der Waals surface area contributed by atoms with E-state index in [-0.39, 0.29) is 0 Å². The van der Waals surface area contributed by atoms with E-state index in [1.54, 1.807) is 12.4 Å². The lowest BCUT2D eigenvalue weighted by Gasteiger charge is -2.04. The molecule has 84 valence electrons. The standard InChI is InChI=1S/C12H11NO.C2H6/c1-10-4-6-11(7-5-10)14-12-3-2-8-13-9-12;1-2/h2-9H,1H3;1-2H3. The van der Waals surface area contributed by atoms with Crippen molar-refractivity contribution < 1.29 is 4.74 Å². The van der Waals surface area contributed by atoms with Crippen LogP contribution in [0.5, 0.6) is 11.5 Å². The number of ether oxygens (including phenoxy) is 1. The van der Waals surface area contributed by atoms with E-state index in [9.17, 15) is 0 Å². The largest absolute Gasteiger partial charge is 0.456 e. The van der Waals surface area contributed by atoms with E-state index in [4.69, 9.17) is 4.74 Å². The summed E-state index contributed by atoms with van der Waals surface area (Å²) in [6.07, 6.45) is 3.42. The van der Waals surface area contributed by atoms with E-state index in [0.29, 0.717) is 0 Å².